The average molecular weight is 422 g/mol. The van der Waals surface area contributed by atoms with Crippen molar-refractivity contribution in [2.75, 3.05) is 26.2 Å². The minimum Gasteiger partial charge on any atom is -0.336 e. The second-order valence-electron chi connectivity index (χ2n) is 7.54. The third kappa shape index (κ3) is 4.64. The van der Waals surface area contributed by atoms with Gasteiger partial charge in [-0.1, -0.05) is 48.5 Å². The summed E-state index contributed by atoms with van der Waals surface area (Å²) in [4.78, 5) is 44.3. The predicted octanol–water partition coefficient (Wildman–Crippen LogP) is 1.68. The lowest BCUT2D eigenvalue weighted by atomic mass is 10.2. The average Bonchev–Trinajstić information content (AvgIpc) is 2.79. The molecule has 2 heterocycles. The van der Waals surface area contributed by atoms with Gasteiger partial charge in [-0.2, -0.15) is 0 Å². The Morgan fingerprint density at radius 1 is 0.903 bits per heavy atom. The Bertz CT molecular complexity index is 1180. The number of carbonyl (C=O) groups excluding carboxylic acids is 1. The number of carbonyl (C=O) groups is 1. The summed E-state index contributed by atoms with van der Waals surface area (Å²) in [5.74, 6) is -0.942. The maximum Gasteiger partial charge on any atom is 0.328 e. The second-order valence-corrected chi connectivity index (χ2v) is 7.54. The summed E-state index contributed by atoms with van der Waals surface area (Å²) in [6.45, 7) is 2.90. The summed E-state index contributed by atoms with van der Waals surface area (Å²) in [6, 6.07) is 16.0. The molecule has 160 valence electrons. The van der Waals surface area contributed by atoms with Crippen LogP contribution in [0, 0.1) is 5.82 Å². The highest BCUT2D eigenvalue weighted by atomic mass is 19.1. The van der Waals surface area contributed by atoms with Crippen molar-refractivity contribution >= 4 is 5.91 Å². The van der Waals surface area contributed by atoms with Gasteiger partial charge in [-0.25, -0.2) is 9.18 Å². The number of amides is 1. The third-order valence-electron chi connectivity index (χ3n) is 5.49. The first-order valence-corrected chi connectivity index (χ1v) is 10.1. The van der Waals surface area contributed by atoms with Crippen LogP contribution < -0.4 is 11.2 Å². The van der Waals surface area contributed by atoms with Gasteiger partial charge in [-0.3, -0.25) is 19.1 Å². The van der Waals surface area contributed by atoms with Gasteiger partial charge < -0.3 is 9.88 Å². The van der Waals surface area contributed by atoms with Crippen LogP contribution in [0.3, 0.4) is 0 Å². The molecule has 0 unspecified atom stereocenters. The van der Waals surface area contributed by atoms with Gasteiger partial charge in [-0.15, -0.1) is 0 Å². The van der Waals surface area contributed by atoms with Crippen LogP contribution in [0.25, 0.3) is 0 Å². The molecule has 31 heavy (non-hydrogen) atoms. The zero-order valence-electron chi connectivity index (χ0n) is 17.0. The second kappa shape index (κ2) is 9.09. The number of nitrogens with one attached hydrogen (secondary N) is 1. The van der Waals surface area contributed by atoms with E-state index in [2.05, 4.69) is 22.0 Å². The van der Waals surface area contributed by atoms with Crippen molar-refractivity contribution in [1.82, 2.24) is 19.4 Å². The fourth-order valence-electron chi connectivity index (χ4n) is 3.73. The zero-order chi connectivity index (χ0) is 21.8. The molecule has 0 saturated carbocycles. The largest absolute Gasteiger partial charge is 0.336 e. The Morgan fingerprint density at radius 3 is 2.29 bits per heavy atom. The SMILES string of the molecule is O=C(c1c[nH]c(=O)n(Cc2ccccc2F)c1=O)N1CCN(Cc2ccccc2)CC1. The molecular weight excluding hydrogens is 399 g/mol. The number of halogens is 1. The maximum absolute atomic E-state index is 14.0. The molecule has 1 aromatic heterocycles. The van der Waals surface area contributed by atoms with Crippen molar-refractivity contribution in [3.8, 4) is 0 Å². The Labute approximate surface area is 178 Å². The molecule has 0 atom stereocenters. The topological polar surface area (TPSA) is 78.4 Å². The van der Waals surface area contributed by atoms with Crippen LogP contribution in [0.5, 0.6) is 0 Å². The molecule has 0 aliphatic carbocycles. The number of piperazine rings is 1. The maximum atomic E-state index is 14.0. The summed E-state index contributed by atoms with van der Waals surface area (Å²) >= 11 is 0. The molecule has 0 spiro atoms. The number of H-pyrrole nitrogens is 1. The molecule has 1 N–H and O–H groups in total. The molecule has 1 saturated heterocycles. The zero-order valence-corrected chi connectivity index (χ0v) is 17.0. The summed E-state index contributed by atoms with van der Waals surface area (Å²) in [5, 5.41) is 0. The standard InChI is InChI=1S/C23H23FN4O3/c24-20-9-5-4-8-18(20)16-28-22(30)19(14-25-23(28)31)21(29)27-12-10-26(11-13-27)15-17-6-2-1-3-7-17/h1-9,14H,10-13,15-16H2,(H,25,31). The lowest BCUT2D eigenvalue weighted by molar-refractivity contribution is 0.0625. The van der Waals surface area contributed by atoms with E-state index in [1.807, 2.05) is 18.2 Å². The van der Waals surface area contributed by atoms with E-state index in [4.69, 9.17) is 0 Å². The molecule has 7 nitrogen and oxygen atoms in total. The van der Waals surface area contributed by atoms with E-state index >= 15 is 0 Å². The van der Waals surface area contributed by atoms with Crippen molar-refractivity contribution in [2.45, 2.75) is 13.1 Å². The van der Waals surface area contributed by atoms with Gasteiger partial charge in [0.2, 0.25) is 0 Å². The van der Waals surface area contributed by atoms with Gasteiger partial charge in [0, 0.05) is 44.5 Å². The predicted molar refractivity (Wildman–Crippen MR) is 114 cm³/mol. The number of hydrogen-bond donors (Lipinski definition) is 1. The van der Waals surface area contributed by atoms with Gasteiger partial charge >= 0.3 is 5.69 Å². The molecule has 3 aromatic rings. The van der Waals surface area contributed by atoms with Crippen molar-refractivity contribution in [1.29, 1.82) is 0 Å². The Kier molecular flexibility index (Phi) is 6.08. The van der Waals surface area contributed by atoms with Gasteiger partial charge in [0.15, 0.2) is 0 Å². The Morgan fingerprint density at radius 2 is 1.58 bits per heavy atom. The number of hydrogen-bond acceptors (Lipinski definition) is 4. The van der Waals surface area contributed by atoms with Crippen LogP contribution in [-0.2, 0) is 13.1 Å². The van der Waals surface area contributed by atoms with E-state index in [1.165, 1.54) is 23.8 Å². The third-order valence-corrected chi connectivity index (χ3v) is 5.49. The number of aromatic nitrogens is 2. The molecule has 2 aromatic carbocycles. The van der Waals surface area contributed by atoms with Crippen molar-refractivity contribution in [2.24, 2.45) is 0 Å². The first-order chi connectivity index (χ1) is 15.0. The van der Waals surface area contributed by atoms with Crippen molar-refractivity contribution in [3.05, 3.63) is 104 Å². The fourth-order valence-corrected chi connectivity index (χ4v) is 3.73. The Hall–Kier alpha value is -3.52. The van der Waals surface area contributed by atoms with Crippen LogP contribution >= 0.6 is 0 Å². The first kappa shape index (κ1) is 20.7. The molecule has 0 radical (unpaired) electrons. The molecule has 1 amide bonds. The van der Waals surface area contributed by atoms with Gasteiger partial charge in [0.25, 0.3) is 11.5 Å². The van der Waals surface area contributed by atoms with Gasteiger partial charge in [0.1, 0.15) is 11.4 Å². The first-order valence-electron chi connectivity index (χ1n) is 10.1. The highest BCUT2D eigenvalue weighted by molar-refractivity contribution is 5.93. The lowest BCUT2D eigenvalue weighted by Crippen LogP contribution is -2.50. The van der Waals surface area contributed by atoms with E-state index in [0.29, 0.717) is 26.2 Å². The summed E-state index contributed by atoms with van der Waals surface area (Å²) in [6.07, 6.45) is 1.15. The monoisotopic (exact) mass is 422 g/mol. The highest BCUT2D eigenvalue weighted by Crippen LogP contribution is 2.11. The molecule has 1 aliphatic rings. The van der Waals surface area contributed by atoms with Crippen LogP contribution in [0.4, 0.5) is 4.39 Å². The van der Waals surface area contributed by atoms with E-state index in [9.17, 15) is 18.8 Å². The van der Waals surface area contributed by atoms with E-state index in [1.54, 1.807) is 11.0 Å². The van der Waals surface area contributed by atoms with Crippen LogP contribution in [-0.4, -0.2) is 51.4 Å². The smallest absolute Gasteiger partial charge is 0.328 e. The fraction of sp³-hybridized carbons (Fsp3) is 0.261. The summed E-state index contributed by atoms with van der Waals surface area (Å²) in [5.41, 5.74) is -0.109. The van der Waals surface area contributed by atoms with Gasteiger partial charge in [0.05, 0.1) is 6.54 Å². The summed E-state index contributed by atoms with van der Waals surface area (Å²) in [7, 11) is 0. The van der Waals surface area contributed by atoms with E-state index < -0.39 is 23.0 Å². The number of nitrogens with zero attached hydrogens (tertiary/aromatic N) is 3. The minimum absolute atomic E-state index is 0.118. The van der Waals surface area contributed by atoms with Gasteiger partial charge in [-0.05, 0) is 11.6 Å². The quantitative estimate of drug-likeness (QED) is 0.679. The lowest BCUT2D eigenvalue weighted by Gasteiger charge is -2.34. The molecule has 4 rings (SSSR count). The van der Waals surface area contributed by atoms with E-state index in [0.717, 1.165) is 17.3 Å². The Balaban J connectivity index is 1.47. The van der Waals surface area contributed by atoms with Crippen LogP contribution in [0.15, 0.2) is 70.4 Å². The molecule has 1 fully saturated rings. The number of aromatic amines is 1. The van der Waals surface area contributed by atoms with Crippen molar-refractivity contribution in [3.63, 3.8) is 0 Å². The van der Waals surface area contributed by atoms with E-state index in [-0.39, 0.29) is 17.7 Å². The molecule has 1 aliphatic heterocycles. The van der Waals surface area contributed by atoms with Crippen molar-refractivity contribution < 1.29 is 9.18 Å². The highest BCUT2D eigenvalue weighted by Gasteiger charge is 2.25. The number of benzene rings is 2. The molecular formula is C23H23FN4O3. The molecule has 8 heteroatoms. The normalized spacial score (nSPS) is 14.5. The van der Waals surface area contributed by atoms with Crippen LogP contribution in [0.1, 0.15) is 21.5 Å². The van der Waals surface area contributed by atoms with Crippen LogP contribution in [0.2, 0.25) is 0 Å². The minimum atomic E-state index is -0.719. The number of rotatable bonds is 5. The molecule has 0 bridgehead atoms. The summed E-state index contributed by atoms with van der Waals surface area (Å²) < 4.78 is 14.8.